The maximum absolute atomic E-state index is 13.4. The molecule has 2 amide bonds. The minimum atomic E-state index is -0.659. The van der Waals surface area contributed by atoms with Crippen molar-refractivity contribution in [1.29, 1.82) is 5.26 Å². The number of urea groups is 1. The normalized spacial score (nSPS) is 16.9. The number of likely N-dealkylation sites (N-methyl/N-ethyl adjacent to an activating group) is 1. The van der Waals surface area contributed by atoms with Crippen molar-refractivity contribution >= 4 is 29.3 Å². The van der Waals surface area contributed by atoms with Crippen LogP contribution in [0.25, 0.3) is 0 Å². The van der Waals surface area contributed by atoms with Crippen molar-refractivity contribution in [1.82, 2.24) is 20.5 Å². The predicted octanol–water partition coefficient (Wildman–Crippen LogP) is 1.44. The van der Waals surface area contributed by atoms with Gasteiger partial charge in [-0.1, -0.05) is 16.9 Å². The molecule has 3 N–H and O–H groups in total. The molecule has 2 aromatic rings. The standard InChI is InChI=1S/C15H14FN7O3S/c1-23-10(6-18-15(23)24)7-27-14-12(21-26-22-14)13(20-25)19-9-2-3-11(16)8(4-9)5-17/h2-4,10,25H,6-7H2,1H3,(H,18,24)(H,19,20). The van der Waals surface area contributed by atoms with Gasteiger partial charge >= 0.3 is 6.03 Å². The van der Waals surface area contributed by atoms with Crippen LogP contribution in [0.5, 0.6) is 0 Å². The number of nitrogens with zero attached hydrogens (tertiary/aromatic N) is 5. The second kappa shape index (κ2) is 7.92. The van der Waals surface area contributed by atoms with Crippen LogP contribution < -0.4 is 10.6 Å². The van der Waals surface area contributed by atoms with Crippen LogP contribution in [0, 0.1) is 17.1 Å². The Labute approximate surface area is 157 Å². The predicted molar refractivity (Wildman–Crippen MR) is 93.0 cm³/mol. The summed E-state index contributed by atoms with van der Waals surface area (Å²) >= 11 is 1.28. The van der Waals surface area contributed by atoms with Gasteiger partial charge in [-0.05, 0) is 28.5 Å². The summed E-state index contributed by atoms with van der Waals surface area (Å²) in [6.45, 7) is 0.509. The summed E-state index contributed by atoms with van der Waals surface area (Å²) in [5.41, 5.74) is 0.307. The molecule has 1 aromatic carbocycles. The van der Waals surface area contributed by atoms with Crippen molar-refractivity contribution in [3.05, 3.63) is 35.3 Å². The van der Waals surface area contributed by atoms with Gasteiger partial charge in [0.05, 0.1) is 11.6 Å². The molecular weight excluding hydrogens is 377 g/mol. The van der Waals surface area contributed by atoms with Crippen molar-refractivity contribution in [2.75, 3.05) is 24.7 Å². The lowest BCUT2D eigenvalue weighted by molar-refractivity contribution is 0.219. The highest BCUT2D eigenvalue weighted by Gasteiger charge is 2.28. The Morgan fingerprint density at radius 1 is 1.63 bits per heavy atom. The molecular formula is C15H14FN7O3S. The van der Waals surface area contributed by atoms with Crippen molar-refractivity contribution < 1.29 is 19.0 Å². The van der Waals surface area contributed by atoms with Gasteiger partial charge in [0, 0.05) is 25.0 Å². The van der Waals surface area contributed by atoms with Crippen LogP contribution in [0.4, 0.5) is 14.9 Å². The zero-order valence-corrected chi connectivity index (χ0v) is 14.8. The highest BCUT2D eigenvalue weighted by molar-refractivity contribution is 7.99. The number of halogens is 1. The van der Waals surface area contributed by atoms with Crippen LogP contribution in [0.15, 0.2) is 33.0 Å². The average molecular weight is 391 g/mol. The van der Waals surface area contributed by atoms with Gasteiger partial charge < -0.3 is 20.7 Å². The summed E-state index contributed by atoms with van der Waals surface area (Å²) in [5, 5.41) is 34.7. The lowest BCUT2D eigenvalue weighted by atomic mass is 10.2. The molecule has 2 heterocycles. The van der Waals surface area contributed by atoms with Crippen LogP contribution in [-0.2, 0) is 0 Å². The van der Waals surface area contributed by atoms with Crippen LogP contribution >= 0.6 is 11.8 Å². The minimum absolute atomic E-state index is 0.0372. The first-order valence-corrected chi connectivity index (χ1v) is 8.67. The molecule has 0 saturated carbocycles. The van der Waals surface area contributed by atoms with E-state index in [-0.39, 0.29) is 29.2 Å². The van der Waals surface area contributed by atoms with Crippen LogP contribution in [-0.4, -0.2) is 57.7 Å². The molecule has 0 spiro atoms. The molecule has 27 heavy (non-hydrogen) atoms. The van der Waals surface area contributed by atoms with Crippen molar-refractivity contribution in [3.8, 4) is 6.07 Å². The number of oxime groups is 1. The Morgan fingerprint density at radius 2 is 2.44 bits per heavy atom. The van der Waals surface area contributed by atoms with Gasteiger partial charge in [-0.15, -0.1) is 0 Å². The molecule has 12 heteroatoms. The van der Waals surface area contributed by atoms with E-state index in [2.05, 4.69) is 26.1 Å². The summed E-state index contributed by atoms with van der Waals surface area (Å²) in [6.07, 6.45) is 0. The molecule has 1 fully saturated rings. The number of hydrogen-bond acceptors (Lipinski definition) is 8. The second-order valence-corrected chi connectivity index (χ2v) is 6.57. The lowest BCUT2D eigenvalue weighted by Gasteiger charge is -2.16. The van der Waals surface area contributed by atoms with E-state index in [1.165, 1.54) is 23.9 Å². The molecule has 0 radical (unpaired) electrons. The van der Waals surface area contributed by atoms with Crippen LogP contribution in [0.1, 0.15) is 11.3 Å². The number of carbonyl (C=O) groups excluding carboxylic acids is 1. The number of anilines is 1. The van der Waals surface area contributed by atoms with Gasteiger partial charge in [0.25, 0.3) is 0 Å². The van der Waals surface area contributed by atoms with Crippen molar-refractivity contribution in [2.45, 2.75) is 11.1 Å². The van der Waals surface area contributed by atoms with E-state index in [1.807, 2.05) is 0 Å². The van der Waals surface area contributed by atoms with Gasteiger partial charge in [-0.3, -0.25) is 0 Å². The highest BCUT2D eigenvalue weighted by atomic mass is 32.2. The van der Waals surface area contributed by atoms with Crippen molar-refractivity contribution in [2.24, 2.45) is 5.16 Å². The highest BCUT2D eigenvalue weighted by Crippen LogP contribution is 2.24. The minimum Gasteiger partial charge on any atom is -0.409 e. The number of nitriles is 1. The lowest BCUT2D eigenvalue weighted by Crippen LogP contribution is -2.31. The van der Waals surface area contributed by atoms with E-state index >= 15 is 0 Å². The maximum atomic E-state index is 13.4. The van der Waals surface area contributed by atoms with Gasteiger partial charge in [-0.25, -0.2) is 13.8 Å². The fourth-order valence-corrected chi connectivity index (χ4v) is 3.40. The first kappa shape index (κ1) is 18.5. The third kappa shape index (κ3) is 3.93. The molecule has 1 saturated heterocycles. The number of thioether (sulfide) groups is 1. The monoisotopic (exact) mass is 391 g/mol. The zero-order chi connectivity index (χ0) is 19.4. The molecule has 0 aliphatic carbocycles. The molecule has 0 bridgehead atoms. The van der Waals surface area contributed by atoms with Crippen molar-refractivity contribution in [3.63, 3.8) is 0 Å². The van der Waals surface area contributed by atoms with E-state index in [0.29, 0.717) is 23.0 Å². The number of aromatic nitrogens is 2. The molecule has 140 valence electrons. The Hall–Kier alpha value is -3.33. The quantitative estimate of drug-likeness (QED) is 0.229. The summed E-state index contributed by atoms with van der Waals surface area (Å²) in [7, 11) is 1.69. The number of amidine groups is 1. The van der Waals surface area contributed by atoms with E-state index in [9.17, 15) is 14.4 Å². The van der Waals surface area contributed by atoms with Gasteiger partial charge in [-0.2, -0.15) is 5.26 Å². The molecule has 10 nitrogen and oxygen atoms in total. The fourth-order valence-electron chi connectivity index (χ4n) is 2.36. The number of amides is 2. The molecule has 1 aliphatic rings. The first-order chi connectivity index (χ1) is 13.0. The summed E-state index contributed by atoms with van der Waals surface area (Å²) < 4.78 is 18.2. The largest absolute Gasteiger partial charge is 0.409 e. The molecule has 1 unspecified atom stereocenters. The SMILES string of the molecule is CN1C(=O)NCC1CSc1nonc1/C(=N/O)Nc1ccc(F)c(C#N)c1. The van der Waals surface area contributed by atoms with E-state index in [1.54, 1.807) is 18.0 Å². The molecule has 1 atom stereocenters. The molecule has 1 aromatic heterocycles. The summed E-state index contributed by atoms with van der Waals surface area (Å²) in [4.78, 5) is 13.1. The maximum Gasteiger partial charge on any atom is 0.317 e. The average Bonchev–Trinajstić information content (AvgIpc) is 3.26. The van der Waals surface area contributed by atoms with E-state index in [4.69, 9.17) is 9.89 Å². The topological polar surface area (TPSA) is 140 Å². The third-order valence-electron chi connectivity index (χ3n) is 3.90. The van der Waals surface area contributed by atoms with E-state index in [0.717, 1.165) is 6.07 Å². The van der Waals surface area contributed by atoms with E-state index < -0.39 is 5.82 Å². The first-order valence-electron chi connectivity index (χ1n) is 7.68. The van der Waals surface area contributed by atoms with Crippen LogP contribution in [0.3, 0.4) is 0 Å². The number of benzene rings is 1. The Balaban J connectivity index is 1.73. The number of hydrogen-bond donors (Lipinski definition) is 3. The second-order valence-electron chi connectivity index (χ2n) is 5.56. The number of carbonyl (C=O) groups is 1. The summed E-state index contributed by atoms with van der Waals surface area (Å²) in [5.74, 6) is -0.221. The smallest absolute Gasteiger partial charge is 0.317 e. The van der Waals surface area contributed by atoms with Crippen LogP contribution in [0.2, 0.25) is 0 Å². The van der Waals surface area contributed by atoms with Gasteiger partial charge in [0.1, 0.15) is 11.9 Å². The zero-order valence-electron chi connectivity index (χ0n) is 14.0. The number of nitrogens with one attached hydrogen (secondary N) is 2. The third-order valence-corrected chi connectivity index (χ3v) is 4.99. The molecule has 1 aliphatic heterocycles. The van der Waals surface area contributed by atoms with Gasteiger partial charge in [0.15, 0.2) is 10.7 Å². The number of rotatable bonds is 5. The molecule has 3 rings (SSSR count). The Bertz CT molecular complexity index is 926. The fraction of sp³-hybridized carbons (Fsp3) is 0.267. The Morgan fingerprint density at radius 3 is 3.11 bits per heavy atom. The van der Waals surface area contributed by atoms with Gasteiger partial charge in [0.2, 0.25) is 5.84 Å². The summed E-state index contributed by atoms with van der Waals surface area (Å²) in [6, 6.07) is 5.31. The Kier molecular flexibility index (Phi) is 5.41.